The maximum Gasteiger partial charge on any atom is 0.119 e. The molecule has 0 atom stereocenters. The van der Waals surface area contributed by atoms with Crippen molar-refractivity contribution in [3.05, 3.63) is 29.8 Å². The van der Waals surface area contributed by atoms with Gasteiger partial charge in [0.15, 0.2) is 0 Å². The third-order valence-corrected chi connectivity index (χ3v) is 2.67. The highest BCUT2D eigenvalue weighted by molar-refractivity contribution is 5.38. The number of nitrogens with zero attached hydrogens (tertiary/aromatic N) is 1. The number of rotatable bonds is 8. The number of hydrogen-bond donors (Lipinski definition) is 3. The van der Waals surface area contributed by atoms with Gasteiger partial charge >= 0.3 is 0 Å². The van der Waals surface area contributed by atoms with Gasteiger partial charge in [0.05, 0.1) is 13.2 Å². The number of benzene rings is 1. The summed E-state index contributed by atoms with van der Waals surface area (Å²) in [6.07, 6.45) is 0. The topological polar surface area (TPSA) is 73.2 Å². The Balaban J connectivity index is 2.37. The Morgan fingerprint density at radius 1 is 0.950 bits per heavy atom. The van der Waals surface area contributed by atoms with Crippen LogP contribution in [-0.4, -0.2) is 66.3 Å². The van der Waals surface area contributed by atoms with E-state index in [4.69, 9.17) is 20.1 Å². The van der Waals surface area contributed by atoms with Crippen LogP contribution in [0.1, 0.15) is 5.56 Å². The quantitative estimate of drug-likeness (QED) is 0.570. The maximum absolute atomic E-state index is 8.89. The average molecular weight is 279 g/mol. The van der Waals surface area contributed by atoms with Gasteiger partial charge in [-0.3, -0.25) is 4.90 Å². The van der Waals surface area contributed by atoms with Crippen molar-refractivity contribution in [1.29, 1.82) is 0 Å². The van der Waals surface area contributed by atoms with Crippen LogP contribution in [0, 0.1) is 11.8 Å². The molecule has 0 aliphatic heterocycles. The fourth-order valence-electron chi connectivity index (χ4n) is 1.69. The molecule has 0 unspecified atom stereocenters. The molecular weight excluding hydrogens is 258 g/mol. The SMILES string of the molecule is OCC#Cc1ccc(OCCN(CCO)CCO)cc1. The van der Waals surface area contributed by atoms with Crippen molar-refractivity contribution in [3.63, 3.8) is 0 Å². The monoisotopic (exact) mass is 279 g/mol. The van der Waals surface area contributed by atoms with Crippen LogP contribution in [0.25, 0.3) is 0 Å². The molecule has 5 heteroatoms. The molecule has 0 bridgehead atoms. The van der Waals surface area contributed by atoms with E-state index in [0.717, 1.165) is 11.3 Å². The lowest BCUT2D eigenvalue weighted by atomic mass is 10.2. The van der Waals surface area contributed by atoms with Crippen molar-refractivity contribution >= 4 is 0 Å². The minimum atomic E-state index is -0.149. The summed E-state index contributed by atoms with van der Waals surface area (Å²) in [5, 5.41) is 26.4. The Morgan fingerprint density at radius 3 is 2.15 bits per heavy atom. The van der Waals surface area contributed by atoms with Crippen LogP contribution < -0.4 is 4.74 Å². The minimum Gasteiger partial charge on any atom is -0.492 e. The summed E-state index contributed by atoms with van der Waals surface area (Å²) in [5.74, 6) is 6.13. The van der Waals surface area contributed by atoms with Gasteiger partial charge in [-0.25, -0.2) is 0 Å². The fraction of sp³-hybridized carbons (Fsp3) is 0.467. The van der Waals surface area contributed by atoms with Gasteiger partial charge in [-0.15, -0.1) is 0 Å². The molecule has 110 valence electrons. The average Bonchev–Trinajstić information content (AvgIpc) is 2.47. The lowest BCUT2D eigenvalue weighted by molar-refractivity contribution is 0.141. The first-order chi connectivity index (χ1) is 9.80. The third-order valence-electron chi connectivity index (χ3n) is 2.67. The molecule has 0 aliphatic carbocycles. The molecule has 0 amide bonds. The zero-order valence-corrected chi connectivity index (χ0v) is 11.5. The molecule has 5 nitrogen and oxygen atoms in total. The number of aliphatic hydroxyl groups excluding tert-OH is 3. The zero-order valence-electron chi connectivity index (χ0n) is 11.5. The van der Waals surface area contributed by atoms with Crippen LogP contribution in [0.2, 0.25) is 0 Å². The molecule has 0 fully saturated rings. The molecule has 0 aromatic heterocycles. The lowest BCUT2D eigenvalue weighted by Crippen LogP contribution is -2.33. The van der Waals surface area contributed by atoms with Crippen LogP contribution in [0.15, 0.2) is 24.3 Å². The highest BCUT2D eigenvalue weighted by Crippen LogP contribution is 2.11. The lowest BCUT2D eigenvalue weighted by Gasteiger charge is -2.20. The first kappa shape index (κ1) is 16.5. The number of ether oxygens (including phenoxy) is 1. The Hall–Kier alpha value is -1.58. The van der Waals surface area contributed by atoms with E-state index in [2.05, 4.69) is 11.8 Å². The largest absolute Gasteiger partial charge is 0.492 e. The summed E-state index contributed by atoms with van der Waals surface area (Å²) in [5.41, 5.74) is 0.827. The van der Waals surface area contributed by atoms with E-state index in [1.165, 1.54) is 0 Å². The molecule has 0 spiro atoms. The van der Waals surface area contributed by atoms with Crippen molar-refractivity contribution in [2.24, 2.45) is 0 Å². The van der Waals surface area contributed by atoms with Gasteiger partial charge in [0, 0.05) is 25.2 Å². The normalized spacial score (nSPS) is 10.2. The zero-order chi connectivity index (χ0) is 14.6. The molecule has 3 N–H and O–H groups in total. The molecule has 0 saturated carbocycles. The van der Waals surface area contributed by atoms with Gasteiger partial charge in [0.25, 0.3) is 0 Å². The second-order valence-corrected chi connectivity index (χ2v) is 4.12. The number of hydrogen-bond acceptors (Lipinski definition) is 5. The standard InChI is InChI=1S/C15H21NO4/c17-10-1-2-14-3-5-15(6-4-14)20-13-9-16(7-11-18)8-12-19/h3-6,17-19H,7-13H2. The molecule has 0 heterocycles. The van der Waals surface area contributed by atoms with Crippen LogP contribution in [0.3, 0.4) is 0 Å². The van der Waals surface area contributed by atoms with E-state index < -0.39 is 0 Å². The fourth-order valence-corrected chi connectivity index (χ4v) is 1.69. The maximum atomic E-state index is 8.89. The molecule has 1 aromatic carbocycles. The second kappa shape index (κ2) is 10.2. The van der Waals surface area contributed by atoms with E-state index in [1.807, 2.05) is 29.2 Å². The highest BCUT2D eigenvalue weighted by Gasteiger charge is 2.03. The van der Waals surface area contributed by atoms with Crippen LogP contribution in [-0.2, 0) is 0 Å². The highest BCUT2D eigenvalue weighted by atomic mass is 16.5. The predicted molar refractivity (Wildman–Crippen MR) is 76.5 cm³/mol. The van der Waals surface area contributed by atoms with Crippen molar-refractivity contribution in [2.75, 3.05) is 46.1 Å². The Labute approximate surface area is 119 Å². The van der Waals surface area contributed by atoms with Gasteiger partial charge in [0.2, 0.25) is 0 Å². The summed E-state index contributed by atoms with van der Waals surface area (Å²) in [4.78, 5) is 1.93. The van der Waals surface area contributed by atoms with Gasteiger partial charge in [-0.1, -0.05) is 11.8 Å². The van der Waals surface area contributed by atoms with E-state index in [0.29, 0.717) is 26.2 Å². The van der Waals surface area contributed by atoms with E-state index >= 15 is 0 Å². The summed E-state index contributed by atoms with van der Waals surface area (Å²) in [7, 11) is 0. The summed E-state index contributed by atoms with van der Waals surface area (Å²) >= 11 is 0. The van der Waals surface area contributed by atoms with Gasteiger partial charge in [-0.05, 0) is 24.3 Å². The van der Waals surface area contributed by atoms with E-state index in [1.54, 1.807) is 0 Å². The molecule has 0 saturated heterocycles. The van der Waals surface area contributed by atoms with Crippen molar-refractivity contribution in [2.45, 2.75) is 0 Å². The van der Waals surface area contributed by atoms with Gasteiger partial charge in [0.1, 0.15) is 19.0 Å². The van der Waals surface area contributed by atoms with Crippen LogP contribution >= 0.6 is 0 Å². The van der Waals surface area contributed by atoms with Crippen molar-refractivity contribution in [3.8, 4) is 17.6 Å². The van der Waals surface area contributed by atoms with Crippen LogP contribution in [0.4, 0.5) is 0 Å². The summed E-state index contributed by atoms with van der Waals surface area (Å²) < 4.78 is 5.59. The van der Waals surface area contributed by atoms with E-state index in [-0.39, 0.29) is 19.8 Å². The van der Waals surface area contributed by atoms with Crippen molar-refractivity contribution in [1.82, 2.24) is 4.90 Å². The smallest absolute Gasteiger partial charge is 0.119 e. The predicted octanol–water partition coefficient (Wildman–Crippen LogP) is -0.304. The summed E-state index contributed by atoms with van der Waals surface area (Å²) in [6, 6.07) is 7.31. The Bertz CT molecular complexity index is 416. The Morgan fingerprint density at radius 2 is 1.60 bits per heavy atom. The summed E-state index contributed by atoms with van der Waals surface area (Å²) in [6.45, 7) is 2.17. The van der Waals surface area contributed by atoms with E-state index in [9.17, 15) is 0 Å². The van der Waals surface area contributed by atoms with Crippen molar-refractivity contribution < 1.29 is 20.1 Å². The van der Waals surface area contributed by atoms with Gasteiger partial charge < -0.3 is 20.1 Å². The number of aliphatic hydroxyl groups is 3. The minimum absolute atomic E-state index is 0.0677. The first-order valence-corrected chi connectivity index (χ1v) is 6.57. The third kappa shape index (κ3) is 6.55. The molecule has 1 aromatic rings. The molecule has 0 radical (unpaired) electrons. The van der Waals surface area contributed by atoms with Gasteiger partial charge in [-0.2, -0.15) is 0 Å². The second-order valence-electron chi connectivity index (χ2n) is 4.12. The first-order valence-electron chi connectivity index (χ1n) is 6.57. The molecule has 0 aliphatic rings. The van der Waals surface area contributed by atoms with Crippen LogP contribution in [0.5, 0.6) is 5.75 Å². The molecular formula is C15H21NO4. The molecule has 1 rings (SSSR count). The Kier molecular flexibility index (Phi) is 8.43. The molecule has 20 heavy (non-hydrogen) atoms.